The number of hydrogen-bond acceptors (Lipinski definition) is 8. The molecule has 0 unspecified atom stereocenters. The zero-order chi connectivity index (χ0) is 17.9. The minimum Gasteiger partial charge on any atom is -0.467 e. The van der Waals surface area contributed by atoms with Crippen molar-refractivity contribution in [1.82, 2.24) is 30.4 Å². The van der Waals surface area contributed by atoms with Gasteiger partial charge in [0.25, 0.3) is 0 Å². The summed E-state index contributed by atoms with van der Waals surface area (Å²) >= 11 is 1.45. The van der Waals surface area contributed by atoms with E-state index >= 15 is 0 Å². The summed E-state index contributed by atoms with van der Waals surface area (Å²) in [6, 6.07) is 11.7. The highest BCUT2D eigenvalue weighted by atomic mass is 32.2. The van der Waals surface area contributed by atoms with Gasteiger partial charge < -0.3 is 8.83 Å². The van der Waals surface area contributed by atoms with E-state index in [1.165, 1.54) is 11.8 Å². The van der Waals surface area contributed by atoms with Crippen LogP contribution in [0, 0.1) is 6.92 Å². The van der Waals surface area contributed by atoms with Gasteiger partial charge in [-0.05, 0) is 48.5 Å². The van der Waals surface area contributed by atoms with Crippen LogP contribution in [-0.2, 0) is 6.54 Å². The number of aryl methyl sites for hydroxylation is 1. The molecule has 0 aliphatic heterocycles. The van der Waals surface area contributed by atoms with E-state index in [9.17, 15) is 0 Å². The number of aromatic nitrogens is 6. The number of furan rings is 1. The van der Waals surface area contributed by atoms with E-state index in [4.69, 9.17) is 8.83 Å². The van der Waals surface area contributed by atoms with Gasteiger partial charge >= 0.3 is 0 Å². The molecule has 1 atom stereocenters. The third-order valence-corrected chi connectivity index (χ3v) is 4.78. The highest BCUT2D eigenvalue weighted by Crippen LogP contribution is 2.34. The van der Waals surface area contributed by atoms with E-state index in [0.717, 1.165) is 16.9 Å². The molecule has 1 aromatic carbocycles. The number of rotatable bonds is 6. The summed E-state index contributed by atoms with van der Waals surface area (Å²) in [7, 11) is 0. The second kappa shape index (κ2) is 7.12. The summed E-state index contributed by atoms with van der Waals surface area (Å²) in [6.45, 7) is 4.47. The average molecular weight is 368 g/mol. The van der Waals surface area contributed by atoms with Crippen LogP contribution >= 0.6 is 11.8 Å². The smallest absolute Gasteiger partial charge is 0.247 e. The highest BCUT2D eigenvalue weighted by Gasteiger charge is 2.20. The molecule has 132 valence electrons. The van der Waals surface area contributed by atoms with Crippen molar-refractivity contribution in [3.05, 3.63) is 59.9 Å². The molecule has 0 aliphatic carbocycles. The van der Waals surface area contributed by atoms with Gasteiger partial charge in [-0.1, -0.05) is 29.5 Å². The minimum absolute atomic E-state index is 0.0950. The summed E-state index contributed by atoms with van der Waals surface area (Å²) in [5.41, 5.74) is 2.05. The molecule has 0 radical (unpaired) electrons. The molecule has 0 saturated heterocycles. The lowest BCUT2D eigenvalue weighted by Crippen LogP contribution is -2.04. The second-order valence-corrected chi connectivity index (χ2v) is 7.08. The van der Waals surface area contributed by atoms with E-state index in [1.54, 1.807) is 10.9 Å². The van der Waals surface area contributed by atoms with Crippen molar-refractivity contribution >= 4 is 11.8 Å². The number of nitrogens with zero attached hydrogens (tertiary/aromatic N) is 6. The van der Waals surface area contributed by atoms with Gasteiger partial charge in [-0.2, -0.15) is 0 Å². The van der Waals surface area contributed by atoms with E-state index in [2.05, 4.69) is 25.7 Å². The molecule has 0 amide bonds. The summed E-state index contributed by atoms with van der Waals surface area (Å²) < 4.78 is 12.9. The molecule has 8 nitrogen and oxygen atoms in total. The predicted molar refractivity (Wildman–Crippen MR) is 94.4 cm³/mol. The van der Waals surface area contributed by atoms with Crippen LogP contribution in [0.3, 0.4) is 0 Å². The molecule has 0 spiro atoms. The van der Waals surface area contributed by atoms with Crippen molar-refractivity contribution in [2.24, 2.45) is 0 Å². The van der Waals surface area contributed by atoms with Crippen LogP contribution in [0.5, 0.6) is 0 Å². The van der Waals surface area contributed by atoms with Gasteiger partial charge in [0.1, 0.15) is 12.3 Å². The Labute approximate surface area is 153 Å². The van der Waals surface area contributed by atoms with Crippen molar-refractivity contribution in [2.45, 2.75) is 30.8 Å². The van der Waals surface area contributed by atoms with Crippen molar-refractivity contribution in [3.8, 4) is 11.5 Å². The Morgan fingerprint density at radius 3 is 2.88 bits per heavy atom. The Morgan fingerprint density at radius 1 is 1.15 bits per heavy atom. The van der Waals surface area contributed by atoms with E-state index in [0.29, 0.717) is 23.5 Å². The van der Waals surface area contributed by atoms with Gasteiger partial charge in [-0.25, -0.2) is 4.68 Å². The standard InChI is InChI=1S/C17H16N6O2S/c1-11-5-3-6-13(9-11)16-19-18-15(25-16)12(2)26-17-20-21-22-23(17)10-14-7-4-8-24-14/h3-9,12H,10H2,1-2H3/t12-/m1/s1. The monoisotopic (exact) mass is 368 g/mol. The highest BCUT2D eigenvalue weighted by molar-refractivity contribution is 7.99. The Bertz CT molecular complexity index is 994. The van der Waals surface area contributed by atoms with Gasteiger partial charge in [-0.15, -0.1) is 15.3 Å². The molecule has 3 aromatic heterocycles. The van der Waals surface area contributed by atoms with Crippen molar-refractivity contribution in [2.75, 3.05) is 0 Å². The fourth-order valence-corrected chi connectivity index (χ4v) is 3.25. The molecule has 4 aromatic rings. The summed E-state index contributed by atoms with van der Waals surface area (Å²) in [6.07, 6.45) is 1.63. The molecule has 4 rings (SSSR count). The molecule has 0 saturated carbocycles. The predicted octanol–water partition coefficient (Wildman–Crippen LogP) is 3.53. The van der Waals surface area contributed by atoms with Crippen molar-refractivity contribution < 1.29 is 8.83 Å². The van der Waals surface area contributed by atoms with Crippen LogP contribution in [0.1, 0.15) is 29.4 Å². The quantitative estimate of drug-likeness (QED) is 0.477. The first-order chi connectivity index (χ1) is 12.7. The molecule has 26 heavy (non-hydrogen) atoms. The zero-order valence-electron chi connectivity index (χ0n) is 14.2. The lowest BCUT2D eigenvalue weighted by Gasteiger charge is -2.06. The summed E-state index contributed by atoms with van der Waals surface area (Å²) in [5.74, 6) is 1.82. The fourth-order valence-electron chi connectivity index (χ4n) is 2.43. The molecular formula is C17H16N6O2S. The average Bonchev–Trinajstić information content (AvgIpc) is 3.37. The van der Waals surface area contributed by atoms with Gasteiger partial charge in [0, 0.05) is 5.56 Å². The maximum atomic E-state index is 5.84. The van der Waals surface area contributed by atoms with Crippen LogP contribution in [0.15, 0.2) is 56.7 Å². The first-order valence-corrected chi connectivity index (χ1v) is 8.92. The molecule has 0 fully saturated rings. The van der Waals surface area contributed by atoms with Crippen molar-refractivity contribution in [1.29, 1.82) is 0 Å². The lowest BCUT2D eigenvalue weighted by atomic mass is 10.1. The zero-order valence-corrected chi connectivity index (χ0v) is 15.1. The molecule has 9 heteroatoms. The van der Waals surface area contributed by atoms with Crippen LogP contribution in [-0.4, -0.2) is 30.4 Å². The van der Waals surface area contributed by atoms with E-state index < -0.39 is 0 Å². The van der Waals surface area contributed by atoms with Crippen LogP contribution < -0.4 is 0 Å². The van der Waals surface area contributed by atoms with Gasteiger partial charge in [0.15, 0.2) is 0 Å². The molecule has 0 aliphatic rings. The van der Waals surface area contributed by atoms with E-state index in [-0.39, 0.29) is 5.25 Å². The number of thioether (sulfide) groups is 1. The Morgan fingerprint density at radius 2 is 2.08 bits per heavy atom. The maximum Gasteiger partial charge on any atom is 0.247 e. The molecule has 3 heterocycles. The fraction of sp³-hybridized carbons (Fsp3) is 0.235. The van der Waals surface area contributed by atoms with E-state index in [1.807, 2.05) is 50.2 Å². The topological polar surface area (TPSA) is 95.7 Å². The molecule has 0 N–H and O–H groups in total. The lowest BCUT2D eigenvalue weighted by molar-refractivity contribution is 0.462. The number of hydrogen-bond donors (Lipinski definition) is 0. The Hall–Kier alpha value is -2.94. The first-order valence-electron chi connectivity index (χ1n) is 8.04. The molecule has 0 bridgehead atoms. The third-order valence-electron chi connectivity index (χ3n) is 3.72. The summed E-state index contributed by atoms with van der Waals surface area (Å²) in [5, 5.41) is 20.7. The third kappa shape index (κ3) is 3.52. The number of benzene rings is 1. The molecular weight excluding hydrogens is 352 g/mol. The summed E-state index contributed by atoms with van der Waals surface area (Å²) in [4.78, 5) is 0. The van der Waals surface area contributed by atoms with Gasteiger partial charge in [0.05, 0.1) is 11.5 Å². The van der Waals surface area contributed by atoms with Gasteiger partial charge in [-0.3, -0.25) is 0 Å². The SMILES string of the molecule is Cc1cccc(-c2nnc([C@@H](C)Sc3nnnn3Cc3ccco3)o2)c1. The van der Waals surface area contributed by atoms with Crippen LogP contribution in [0.25, 0.3) is 11.5 Å². The number of tetrazole rings is 1. The first kappa shape index (κ1) is 16.5. The van der Waals surface area contributed by atoms with Crippen molar-refractivity contribution in [3.63, 3.8) is 0 Å². The van der Waals surface area contributed by atoms with Gasteiger partial charge in [0.2, 0.25) is 16.9 Å². The minimum atomic E-state index is -0.0950. The Balaban J connectivity index is 1.49. The Kier molecular flexibility index (Phi) is 4.53. The normalized spacial score (nSPS) is 12.4. The van der Waals surface area contributed by atoms with Crippen LogP contribution in [0.2, 0.25) is 0 Å². The maximum absolute atomic E-state index is 5.84. The largest absolute Gasteiger partial charge is 0.467 e. The second-order valence-electron chi connectivity index (χ2n) is 5.77. The van der Waals surface area contributed by atoms with Crippen LogP contribution in [0.4, 0.5) is 0 Å².